The number of amides is 1. The maximum atomic E-state index is 11.9. The van der Waals surface area contributed by atoms with Gasteiger partial charge in [0.2, 0.25) is 0 Å². The number of carbonyl (C=O) groups is 1. The summed E-state index contributed by atoms with van der Waals surface area (Å²) in [4.78, 5) is 15.9. The zero-order valence-corrected chi connectivity index (χ0v) is 12.6. The molecule has 0 aliphatic carbocycles. The standard InChI is InChI=1S/C12H11BrClN3O2/c1-15-11(18)9-10(14)16-12(13)17(9)7-3-5-8(19-2)6-4-7/h3-6H,1-2H3,(H,15,18). The van der Waals surface area contributed by atoms with Gasteiger partial charge in [-0.2, -0.15) is 0 Å². The molecule has 0 spiro atoms. The maximum absolute atomic E-state index is 11.9. The lowest BCUT2D eigenvalue weighted by Crippen LogP contribution is -2.21. The molecule has 0 bridgehead atoms. The van der Waals surface area contributed by atoms with Crippen molar-refractivity contribution >= 4 is 33.4 Å². The highest BCUT2D eigenvalue weighted by Gasteiger charge is 2.21. The first-order valence-corrected chi connectivity index (χ1v) is 6.55. The number of rotatable bonds is 3. The normalized spacial score (nSPS) is 10.3. The van der Waals surface area contributed by atoms with Gasteiger partial charge in [-0.15, -0.1) is 0 Å². The van der Waals surface area contributed by atoms with E-state index in [0.29, 0.717) is 4.73 Å². The number of carbonyl (C=O) groups excluding carboxylic acids is 1. The first-order chi connectivity index (χ1) is 9.08. The van der Waals surface area contributed by atoms with Crippen molar-refractivity contribution in [2.75, 3.05) is 14.2 Å². The monoisotopic (exact) mass is 343 g/mol. The van der Waals surface area contributed by atoms with Crippen LogP contribution in [0.5, 0.6) is 5.75 Å². The van der Waals surface area contributed by atoms with Crippen LogP contribution in [-0.2, 0) is 0 Å². The fourth-order valence-corrected chi connectivity index (χ4v) is 2.56. The van der Waals surface area contributed by atoms with E-state index in [2.05, 4.69) is 26.2 Å². The second kappa shape index (κ2) is 5.63. The number of nitrogens with one attached hydrogen (secondary N) is 1. The highest BCUT2D eigenvalue weighted by atomic mass is 79.9. The molecule has 100 valence electrons. The summed E-state index contributed by atoms with van der Waals surface area (Å²) in [6.45, 7) is 0. The van der Waals surface area contributed by atoms with Crippen molar-refractivity contribution in [1.29, 1.82) is 0 Å². The van der Waals surface area contributed by atoms with Gasteiger partial charge < -0.3 is 10.1 Å². The summed E-state index contributed by atoms with van der Waals surface area (Å²) in [5, 5.41) is 2.68. The zero-order chi connectivity index (χ0) is 14.0. The second-order valence-electron chi connectivity index (χ2n) is 3.63. The van der Waals surface area contributed by atoms with E-state index in [4.69, 9.17) is 16.3 Å². The molecule has 0 atom stereocenters. The van der Waals surface area contributed by atoms with Crippen molar-refractivity contribution in [2.45, 2.75) is 0 Å². The Morgan fingerprint density at radius 1 is 1.42 bits per heavy atom. The van der Waals surface area contributed by atoms with E-state index in [1.54, 1.807) is 23.8 Å². The van der Waals surface area contributed by atoms with E-state index in [0.717, 1.165) is 11.4 Å². The first kappa shape index (κ1) is 13.9. The van der Waals surface area contributed by atoms with Gasteiger partial charge >= 0.3 is 0 Å². The number of nitrogens with zero attached hydrogens (tertiary/aromatic N) is 2. The minimum Gasteiger partial charge on any atom is -0.497 e. The topological polar surface area (TPSA) is 56.2 Å². The molecule has 1 aromatic carbocycles. The molecule has 2 rings (SSSR count). The molecule has 0 fully saturated rings. The van der Waals surface area contributed by atoms with E-state index < -0.39 is 0 Å². The number of methoxy groups -OCH3 is 1. The molecule has 0 aliphatic heterocycles. The molecule has 1 amide bonds. The number of ether oxygens (including phenoxy) is 1. The van der Waals surface area contributed by atoms with Crippen LogP contribution in [0, 0.1) is 0 Å². The lowest BCUT2D eigenvalue weighted by molar-refractivity contribution is 0.0956. The quantitative estimate of drug-likeness (QED) is 0.931. The van der Waals surface area contributed by atoms with Crippen LogP contribution < -0.4 is 10.1 Å². The Kier molecular flexibility index (Phi) is 4.11. The average Bonchev–Trinajstić information content (AvgIpc) is 2.72. The Labute approximate surface area is 123 Å². The third-order valence-corrected chi connectivity index (χ3v) is 3.36. The van der Waals surface area contributed by atoms with Crippen LogP contribution in [-0.4, -0.2) is 29.6 Å². The summed E-state index contributed by atoms with van der Waals surface area (Å²) in [5.74, 6) is 0.423. The molecule has 5 nitrogen and oxygen atoms in total. The van der Waals surface area contributed by atoms with E-state index in [1.807, 2.05) is 12.1 Å². The largest absolute Gasteiger partial charge is 0.497 e. The van der Waals surface area contributed by atoms with Crippen LogP contribution in [0.25, 0.3) is 5.69 Å². The molecule has 0 unspecified atom stereocenters. The summed E-state index contributed by atoms with van der Waals surface area (Å²) >= 11 is 9.28. The molecule has 0 saturated heterocycles. The third-order valence-electron chi connectivity index (χ3n) is 2.57. The summed E-state index contributed by atoms with van der Waals surface area (Å²) in [7, 11) is 3.13. The fraction of sp³-hybridized carbons (Fsp3) is 0.167. The average molecular weight is 345 g/mol. The Bertz CT molecular complexity index is 610. The van der Waals surface area contributed by atoms with E-state index >= 15 is 0 Å². The number of hydrogen-bond donors (Lipinski definition) is 1. The molecular formula is C12H11BrClN3O2. The smallest absolute Gasteiger partial charge is 0.271 e. The van der Waals surface area contributed by atoms with Crippen molar-refractivity contribution in [3.05, 3.63) is 39.8 Å². The molecule has 0 radical (unpaired) electrons. The van der Waals surface area contributed by atoms with Crippen molar-refractivity contribution in [3.8, 4) is 11.4 Å². The zero-order valence-electron chi connectivity index (χ0n) is 10.3. The van der Waals surface area contributed by atoms with Gasteiger partial charge in [-0.3, -0.25) is 9.36 Å². The molecule has 1 aromatic heterocycles. The minimum atomic E-state index is -0.306. The Morgan fingerprint density at radius 2 is 2.05 bits per heavy atom. The van der Waals surface area contributed by atoms with E-state index in [9.17, 15) is 4.79 Å². The van der Waals surface area contributed by atoms with Gasteiger partial charge in [-0.1, -0.05) is 11.6 Å². The Balaban J connectivity index is 2.57. The second-order valence-corrected chi connectivity index (χ2v) is 4.70. The van der Waals surface area contributed by atoms with Crippen molar-refractivity contribution in [2.24, 2.45) is 0 Å². The Hall–Kier alpha value is -1.53. The minimum absolute atomic E-state index is 0.141. The summed E-state index contributed by atoms with van der Waals surface area (Å²) in [6, 6.07) is 7.22. The van der Waals surface area contributed by atoms with E-state index in [-0.39, 0.29) is 16.8 Å². The number of halogens is 2. The molecule has 7 heteroatoms. The molecule has 0 saturated carbocycles. The number of benzene rings is 1. The highest BCUT2D eigenvalue weighted by Crippen LogP contribution is 2.26. The van der Waals surface area contributed by atoms with Crippen LogP contribution in [0.4, 0.5) is 0 Å². The predicted molar refractivity (Wildman–Crippen MR) is 76.2 cm³/mol. The molecule has 1 N–H and O–H groups in total. The van der Waals surface area contributed by atoms with Crippen LogP contribution in [0.1, 0.15) is 10.5 Å². The van der Waals surface area contributed by atoms with Gasteiger partial charge in [-0.05, 0) is 40.2 Å². The van der Waals surface area contributed by atoms with Gasteiger partial charge in [0, 0.05) is 12.7 Å². The van der Waals surface area contributed by atoms with Gasteiger partial charge in [0.1, 0.15) is 5.75 Å². The summed E-state index contributed by atoms with van der Waals surface area (Å²) in [6.07, 6.45) is 0. The van der Waals surface area contributed by atoms with Gasteiger partial charge in [0.15, 0.2) is 15.6 Å². The Morgan fingerprint density at radius 3 is 2.58 bits per heavy atom. The van der Waals surface area contributed by atoms with Crippen LogP contribution in [0.2, 0.25) is 5.15 Å². The molecule has 1 heterocycles. The molecule has 0 aliphatic rings. The number of aromatic nitrogens is 2. The van der Waals surface area contributed by atoms with Gasteiger partial charge in [0.05, 0.1) is 7.11 Å². The summed E-state index contributed by atoms with van der Waals surface area (Å²) in [5.41, 5.74) is 1.03. The van der Waals surface area contributed by atoms with Gasteiger partial charge in [0.25, 0.3) is 5.91 Å². The van der Waals surface area contributed by atoms with Crippen molar-refractivity contribution < 1.29 is 9.53 Å². The van der Waals surface area contributed by atoms with Crippen molar-refractivity contribution in [3.63, 3.8) is 0 Å². The molecule has 19 heavy (non-hydrogen) atoms. The van der Waals surface area contributed by atoms with Gasteiger partial charge in [-0.25, -0.2) is 4.98 Å². The van der Waals surface area contributed by atoms with Crippen LogP contribution in [0.15, 0.2) is 29.0 Å². The number of hydrogen-bond acceptors (Lipinski definition) is 3. The SMILES string of the molecule is CNC(=O)c1c(Cl)nc(Br)n1-c1ccc(OC)cc1. The van der Waals surface area contributed by atoms with E-state index in [1.165, 1.54) is 7.05 Å². The molecular weight excluding hydrogens is 334 g/mol. The fourth-order valence-electron chi connectivity index (χ4n) is 1.65. The lowest BCUT2D eigenvalue weighted by Gasteiger charge is -2.09. The molecule has 2 aromatic rings. The third kappa shape index (κ3) is 2.59. The number of imidazole rings is 1. The highest BCUT2D eigenvalue weighted by molar-refractivity contribution is 9.10. The summed E-state index contributed by atoms with van der Waals surface area (Å²) < 4.78 is 7.18. The first-order valence-electron chi connectivity index (χ1n) is 5.38. The predicted octanol–water partition coefficient (Wildman–Crippen LogP) is 2.66. The lowest BCUT2D eigenvalue weighted by atomic mass is 10.3. The maximum Gasteiger partial charge on any atom is 0.271 e. The van der Waals surface area contributed by atoms with Crippen LogP contribution in [0.3, 0.4) is 0 Å². The van der Waals surface area contributed by atoms with Crippen molar-refractivity contribution in [1.82, 2.24) is 14.9 Å². The van der Waals surface area contributed by atoms with Crippen LogP contribution >= 0.6 is 27.5 Å².